The number of benzene rings is 1. The highest BCUT2D eigenvalue weighted by molar-refractivity contribution is 5.99. The van der Waals surface area contributed by atoms with Crippen LogP contribution in [-0.4, -0.2) is 48.5 Å². The second-order valence-electron chi connectivity index (χ2n) is 4.40. The number of nitrogens with zero attached hydrogens (tertiary/aromatic N) is 2. The lowest BCUT2D eigenvalue weighted by atomic mass is 10.1. The Morgan fingerprint density at radius 1 is 1.32 bits per heavy atom. The highest BCUT2D eigenvalue weighted by Gasteiger charge is 2.20. The molecule has 0 saturated carbocycles. The molecule has 0 bridgehead atoms. The van der Waals surface area contributed by atoms with E-state index in [-0.39, 0.29) is 17.0 Å². The van der Waals surface area contributed by atoms with Crippen LogP contribution in [0.4, 0.5) is 5.69 Å². The van der Waals surface area contributed by atoms with E-state index in [1.807, 2.05) is 0 Å². The first-order valence-electron chi connectivity index (χ1n) is 6.25. The van der Waals surface area contributed by atoms with Crippen molar-refractivity contribution in [1.29, 1.82) is 0 Å². The molecule has 0 aliphatic carbocycles. The van der Waals surface area contributed by atoms with Gasteiger partial charge in [0.15, 0.2) is 5.78 Å². The van der Waals surface area contributed by atoms with Gasteiger partial charge in [-0.15, -0.1) is 0 Å². The third-order valence-electron chi connectivity index (χ3n) is 3.16. The molecule has 1 saturated heterocycles. The molecule has 1 aromatic carbocycles. The molecule has 1 heterocycles. The Kier molecular flexibility index (Phi) is 4.59. The van der Waals surface area contributed by atoms with E-state index in [0.29, 0.717) is 26.2 Å². The molecule has 102 valence electrons. The second kappa shape index (κ2) is 6.40. The Balaban J connectivity index is 1.97. The molecule has 1 aliphatic rings. The molecule has 1 fully saturated rings. The van der Waals surface area contributed by atoms with E-state index in [1.165, 1.54) is 12.1 Å². The minimum atomic E-state index is -0.512. The number of nitro groups is 1. The zero-order chi connectivity index (χ0) is 13.7. The smallest absolute Gasteiger partial charge is 0.280 e. The van der Waals surface area contributed by atoms with E-state index < -0.39 is 4.92 Å². The van der Waals surface area contributed by atoms with Gasteiger partial charge in [-0.25, -0.2) is 0 Å². The van der Waals surface area contributed by atoms with Crippen molar-refractivity contribution in [3.8, 4) is 0 Å². The molecule has 1 aliphatic heterocycles. The quantitative estimate of drug-likeness (QED) is 0.458. The summed E-state index contributed by atoms with van der Waals surface area (Å²) < 4.78 is 5.23. The van der Waals surface area contributed by atoms with Gasteiger partial charge in [0.1, 0.15) is 0 Å². The molecule has 1 aromatic rings. The van der Waals surface area contributed by atoms with Gasteiger partial charge < -0.3 is 4.74 Å². The van der Waals surface area contributed by atoms with Crippen molar-refractivity contribution < 1.29 is 14.5 Å². The molecule has 6 nitrogen and oxygen atoms in total. The number of nitro benzene ring substituents is 1. The maximum Gasteiger partial charge on any atom is 0.280 e. The Morgan fingerprint density at radius 3 is 2.68 bits per heavy atom. The third kappa shape index (κ3) is 3.59. The first-order valence-corrected chi connectivity index (χ1v) is 6.25. The Labute approximate surface area is 111 Å². The molecular weight excluding hydrogens is 248 g/mol. The first-order chi connectivity index (χ1) is 9.18. The van der Waals surface area contributed by atoms with Gasteiger partial charge in [-0.2, -0.15) is 0 Å². The van der Waals surface area contributed by atoms with Crippen LogP contribution >= 0.6 is 0 Å². The molecule has 0 radical (unpaired) electrons. The average molecular weight is 264 g/mol. The van der Waals surface area contributed by atoms with Crippen LogP contribution in [0.1, 0.15) is 16.8 Å². The lowest BCUT2D eigenvalue weighted by molar-refractivity contribution is -0.385. The van der Waals surface area contributed by atoms with E-state index in [9.17, 15) is 14.9 Å². The molecule has 0 unspecified atom stereocenters. The summed E-state index contributed by atoms with van der Waals surface area (Å²) in [6, 6.07) is 6.09. The minimum Gasteiger partial charge on any atom is -0.379 e. The lowest BCUT2D eigenvalue weighted by Gasteiger charge is -2.26. The number of rotatable bonds is 5. The Morgan fingerprint density at radius 2 is 2.00 bits per heavy atom. The molecule has 19 heavy (non-hydrogen) atoms. The topological polar surface area (TPSA) is 72.7 Å². The van der Waals surface area contributed by atoms with Gasteiger partial charge in [0.2, 0.25) is 0 Å². The monoisotopic (exact) mass is 264 g/mol. The average Bonchev–Trinajstić information content (AvgIpc) is 2.46. The van der Waals surface area contributed by atoms with Gasteiger partial charge in [0.25, 0.3) is 5.69 Å². The summed E-state index contributed by atoms with van der Waals surface area (Å²) >= 11 is 0. The Hall–Kier alpha value is -1.79. The zero-order valence-electron chi connectivity index (χ0n) is 10.6. The van der Waals surface area contributed by atoms with Crippen LogP contribution in [0.2, 0.25) is 0 Å². The van der Waals surface area contributed by atoms with Gasteiger partial charge in [-0.3, -0.25) is 19.8 Å². The number of para-hydroxylation sites is 1. The van der Waals surface area contributed by atoms with Crippen LogP contribution in [0.3, 0.4) is 0 Å². The van der Waals surface area contributed by atoms with Crippen molar-refractivity contribution in [2.24, 2.45) is 0 Å². The number of hydrogen-bond acceptors (Lipinski definition) is 5. The van der Waals surface area contributed by atoms with Crippen LogP contribution in [0, 0.1) is 10.1 Å². The van der Waals surface area contributed by atoms with Crippen LogP contribution in [-0.2, 0) is 4.74 Å². The SMILES string of the molecule is O=C(CCN1CCOCC1)c1ccccc1[N+](=O)[O-]. The normalized spacial score (nSPS) is 16.2. The number of ether oxygens (including phenoxy) is 1. The molecule has 2 rings (SSSR count). The number of carbonyl (C=O) groups is 1. The molecular formula is C13H16N2O4. The minimum absolute atomic E-state index is 0.116. The maximum atomic E-state index is 12.1. The third-order valence-corrected chi connectivity index (χ3v) is 3.16. The molecule has 6 heteroatoms. The fourth-order valence-corrected chi connectivity index (χ4v) is 2.09. The van der Waals surface area contributed by atoms with Gasteiger partial charge in [0, 0.05) is 32.1 Å². The van der Waals surface area contributed by atoms with Gasteiger partial charge in [-0.05, 0) is 6.07 Å². The lowest BCUT2D eigenvalue weighted by Crippen LogP contribution is -2.37. The highest BCUT2D eigenvalue weighted by atomic mass is 16.6. The number of hydrogen-bond donors (Lipinski definition) is 0. The molecule has 0 amide bonds. The summed E-state index contributed by atoms with van der Waals surface area (Å²) in [5.74, 6) is -0.182. The molecule has 0 spiro atoms. The molecule has 0 atom stereocenters. The maximum absolute atomic E-state index is 12.1. The second-order valence-corrected chi connectivity index (χ2v) is 4.40. The summed E-state index contributed by atoms with van der Waals surface area (Å²) in [7, 11) is 0. The largest absolute Gasteiger partial charge is 0.379 e. The van der Waals surface area contributed by atoms with Gasteiger partial charge in [0.05, 0.1) is 23.7 Å². The van der Waals surface area contributed by atoms with Crippen molar-refractivity contribution in [2.75, 3.05) is 32.8 Å². The fourth-order valence-electron chi connectivity index (χ4n) is 2.09. The summed E-state index contributed by atoms with van der Waals surface area (Å²) in [6.45, 7) is 3.60. The number of carbonyl (C=O) groups excluding carboxylic acids is 1. The van der Waals surface area contributed by atoms with E-state index in [0.717, 1.165) is 13.1 Å². The summed E-state index contributed by atoms with van der Waals surface area (Å²) in [5.41, 5.74) is 0.0789. The number of morpholine rings is 1. The predicted octanol–water partition coefficient (Wildman–Crippen LogP) is 1.50. The van der Waals surface area contributed by atoms with Crippen molar-refractivity contribution in [1.82, 2.24) is 4.90 Å². The van der Waals surface area contributed by atoms with E-state index in [4.69, 9.17) is 4.74 Å². The molecule has 0 N–H and O–H groups in total. The zero-order valence-corrected chi connectivity index (χ0v) is 10.6. The van der Waals surface area contributed by atoms with Crippen LogP contribution in [0.25, 0.3) is 0 Å². The van der Waals surface area contributed by atoms with Crippen molar-refractivity contribution in [3.05, 3.63) is 39.9 Å². The predicted molar refractivity (Wildman–Crippen MR) is 69.3 cm³/mol. The van der Waals surface area contributed by atoms with Crippen LogP contribution in [0.5, 0.6) is 0 Å². The highest BCUT2D eigenvalue weighted by Crippen LogP contribution is 2.19. The summed E-state index contributed by atoms with van der Waals surface area (Å²) in [6.07, 6.45) is 0.296. The van der Waals surface area contributed by atoms with Gasteiger partial charge >= 0.3 is 0 Å². The van der Waals surface area contributed by atoms with E-state index in [1.54, 1.807) is 12.1 Å². The van der Waals surface area contributed by atoms with E-state index >= 15 is 0 Å². The summed E-state index contributed by atoms with van der Waals surface area (Å²) in [5, 5.41) is 10.9. The fraction of sp³-hybridized carbons (Fsp3) is 0.462. The Bertz CT molecular complexity index is 469. The number of ketones is 1. The van der Waals surface area contributed by atoms with Crippen LogP contribution < -0.4 is 0 Å². The van der Waals surface area contributed by atoms with Crippen molar-refractivity contribution in [3.63, 3.8) is 0 Å². The van der Waals surface area contributed by atoms with E-state index in [2.05, 4.69) is 4.90 Å². The number of Topliss-reactive ketones (excluding diaryl/α,β-unsaturated/α-hetero) is 1. The molecule has 0 aromatic heterocycles. The summed E-state index contributed by atoms with van der Waals surface area (Å²) in [4.78, 5) is 24.5. The van der Waals surface area contributed by atoms with Crippen LogP contribution in [0.15, 0.2) is 24.3 Å². The van der Waals surface area contributed by atoms with Crippen molar-refractivity contribution >= 4 is 11.5 Å². The first kappa shape index (κ1) is 13.6. The van der Waals surface area contributed by atoms with Crippen molar-refractivity contribution in [2.45, 2.75) is 6.42 Å². The standard InChI is InChI=1S/C13H16N2O4/c16-13(5-6-14-7-9-19-10-8-14)11-3-1-2-4-12(11)15(17)18/h1-4H,5-10H2. The van der Waals surface area contributed by atoms with Gasteiger partial charge in [-0.1, -0.05) is 12.1 Å².